The normalized spacial score (nSPS) is 20.7. The summed E-state index contributed by atoms with van der Waals surface area (Å²) < 4.78 is 5.25. The molecule has 0 aromatic carbocycles. The van der Waals surface area contributed by atoms with E-state index in [0.717, 1.165) is 19.3 Å². The van der Waals surface area contributed by atoms with Crippen LogP contribution in [0.2, 0.25) is 0 Å². The van der Waals surface area contributed by atoms with Gasteiger partial charge in [-0.25, -0.2) is 0 Å². The Balaban J connectivity index is 2.71. The van der Waals surface area contributed by atoms with Gasteiger partial charge in [-0.15, -0.1) is 0 Å². The van der Waals surface area contributed by atoms with Crippen molar-refractivity contribution in [3.05, 3.63) is 0 Å². The summed E-state index contributed by atoms with van der Waals surface area (Å²) in [5.41, 5.74) is -0.619. The SMILES string of the molecule is CCC(C)(C)C(=O)C1(OC)CC1. The summed E-state index contributed by atoms with van der Waals surface area (Å²) >= 11 is 0. The molecule has 0 amide bonds. The molecule has 0 aromatic heterocycles. The first-order chi connectivity index (χ1) is 5.48. The summed E-state index contributed by atoms with van der Waals surface area (Å²) in [7, 11) is 1.64. The van der Waals surface area contributed by atoms with E-state index in [9.17, 15) is 4.79 Å². The number of Topliss-reactive ketones (excluding diaryl/α,β-unsaturated/α-hetero) is 1. The molecule has 70 valence electrons. The monoisotopic (exact) mass is 170 g/mol. The fourth-order valence-electron chi connectivity index (χ4n) is 1.41. The van der Waals surface area contributed by atoms with Gasteiger partial charge in [0.1, 0.15) is 5.60 Å². The summed E-state index contributed by atoms with van der Waals surface area (Å²) in [5.74, 6) is 0.278. The van der Waals surface area contributed by atoms with E-state index in [-0.39, 0.29) is 11.2 Å². The van der Waals surface area contributed by atoms with Crippen LogP contribution in [0.5, 0.6) is 0 Å². The molecule has 0 N–H and O–H groups in total. The van der Waals surface area contributed by atoms with Crippen LogP contribution in [-0.2, 0) is 9.53 Å². The summed E-state index contributed by atoms with van der Waals surface area (Å²) in [4.78, 5) is 11.9. The number of hydrogen-bond donors (Lipinski definition) is 0. The van der Waals surface area contributed by atoms with Crippen LogP contribution in [0.3, 0.4) is 0 Å². The Bertz CT molecular complexity index is 182. The maximum atomic E-state index is 11.9. The third-order valence-electron chi connectivity index (χ3n) is 3.01. The second-order valence-electron chi connectivity index (χ2n) is 4.26. The maximum Gasteiger partial charge on any atom is 0.170 e. The summed E-state index contributed by atoms with van der Waals surface area (Å²) in [6.45, 7) is 6.03. The highest BCUT2D eigenvalue weighted by Crippen LogP contribution is 2.45. The average molecular weight is 170 g/mol. The van der Waals surface area contributed by atoms with Gasteiger partial charge in [-0.1, -0.05) is 20.8 Å². The number of carbonyl (C=O) groups excluding carboxylic acids is 1. The molecular formula is C10H18O2. The van der Waals surface area contributed by atoms with E-state index in [1.54, 1.807) is 7.11 Å². The Morgan fingerprint density at radius 1 is 1.50 bits per heavy atom. The molecule has 0 aromatic rings. The Morgan fingerprint density at radius 3 is 2.25 bits per heavy atom. The van der Waals surface area contributed by atoms with Crippen LogP contribution in [0, 0.1) is 5.41 Å². The fraction of sp³-hybridized carbons (Fsp3) is 0.900. The Morgan fingerprint density at radius 2 is 2.00 bits per heavy atom. The third-order valence-corrected chi connectivity index (χ3v) is 3.01. The molecule has 1 saturated carbocycles. The zero-order chi connectivity index (χ0) is 9.41. The Labute approximate surface area is 74.3 Å². The minimum atomic E-state index is -0.403. The molecule has 1 aliphatic carbocycles. The van der Waals surface area contributed by atoms with Crippen LogP contribution >= 0.6 is 0 Å². The van der Waals surface area contributed by atoms with E-state index in [1.165, 1.54) is 0 Å². The zero-order valence-electron chi connectivity index (χ0n) is 8.44. The molecule has 0 bridgehead atoms. The van der Waals surface area contributed by atoms with Gasteiger partial charge in [-0.05, 0) is 19.3 Å². The number of methoxy groups -OCH3 is 1. The van der Waals surface area contributed by atoms with Crippen molar-refractivity contribution in [3.63, 3.8) is 0 Å². The van der Waals surface area contributed by atoms with Gasteiger partial charge in [0.05, 0.1) is 0 Å². The lowest BCUT2D eigenvalue weighted by Gasteiger charge is -2.25. The van der Waals surface area contributed by atoms with Crippen molar-refractivity contribution in [2.24, 2.45) is 5.41 Å². The van der Waals surface area contributed by atoms with Crippen molar-refractivity contribution in [1.82, 2.24) is 0 Å². The molecule has 1 rings (SSSR count). The highest BCUT2D eigenvalue weighted by Gasteiger charge is 2.54. The molecule has 0 heterocycles. The topological polar surface area (TPSA) is 26.3 Å². The van der Waals surface area contributed by atoms with Crippen molar-refractivity contribution < 1.29 is 9.53 Å². The van der Waals surface area contributed by atoms with Gasteiger partial charge in [0.2, 0.25) is 0 Å². The molecule has 0 unspecified atom stereocenters. The predicted octanol–water partition coefficient (Wildman–Crippen LogP) is 2.17. The lowest BCUT2D eigenvalue weighted by molar-refractivity contribution is -0.140. The van der Waals surface area contributed by atoms with Gasteiger partial charge in [-0.3, -0.25) is 4.79 Å². The van der Waals surface area contributed by atoms with Crippen molar-refractivity contribution in [2.45, 2.75) is 45.6 Å². The van der Waals surface area contributed by atoms with Crippen LogP contribution in [0.4, 0.5) is 0 Å². The third kappa shape index (κ3) is 1.40. The Kier molecular flexibility index (Phi) is 2.30. The largest absolute Gasteiger partial charge is 0.370 e. The molecule has 0 aliphatic heterocycles. The van der Waals surface area contributed by atoms with Crippen LogP contribution in [0.25, 0.3) is 0 Å². The van der Waals surface area contributed by atoms with Crippen LogP contribution in [0.1, 0.15) is 40.0 Å². The average Bonchev–Trinajstić information content (AvgIpc) is 2.83. The number of ether oxygens (including phenoxy) is 1. The van der Waals surface area contributed by atoms with E-state index in [4.69, 9.17) is 4.74 Å². The predicted molar refractivity (Wildman–Crippen MR) is 48.1 cm³/mol. The van der Waals surface area contributed by atoms with Gasteiger partial charge in [0, 0.05) is 12.5 Å². The lowest BCUT2D eigenvalue weighted by atomic mass is 9.81. The number of rotatable bonds is 4. The smallest absolute Gasteiger partial charge is 0.170 e. The second-order valence-corrected chi connectivity index (χ2v) is 4.26. The minimum absolute atomic E-state index is 0.216. The molecular weight excluding hydrogens is 152 g/mol. The van der Waals surface area contributed by atoms with Gasteiger partial charge in [0.15, 0.2) is 5.78 Å². The van der Waals surface area contributed by atoms with Crippen molar-refractivity contribution in [2.75, 3.05) is 7.11 Å². The van der Waals surface area contributed by atoms with E-state index < -0.39 is 5.60 Å². The molecule has 0 radical (unpaired) electrons. The first-order valence-electron chi connectivity index (χ1n) is 4.58. The van der Waals surface area contributed by atoms with E-state index >= 15 is 0 Å². The van der Waals surface area contributed by atoms with Gasteiger partial charge in [-0.2, -0.15) is 0 Å². The van der Waals surface area contributed by atoms with E-state index in [1.807, 2.05) is 20.8 Å². The number of ketones is 1. The van der Waals surface area contributed by atoms with Crippen LogP contribution in [0.15, 0.2) is 0 Å². The standard InChI is InChI=1S/C10H18O2/c1-5-9(2,3)8(11)10(12-4)6-7-10/h5-7H2,1-4H3. The van der Waals surface area contributed by atoms with Gasteiger partial charge in [0.25, 0.3) is 0 Å². The summed E-state index contributed by atoms with van der Waals surface area (Å²) in [6.07, 6.45) is 2.70. The fourth-order valence-corrected chi connectivity index (χ4v) is 1.41. The van der Waals surface area contributed by atoms with Crippen LogP contribution in [-0.4, -0.2) is 18.5 Å². The summed E-state index contributed by atoms with van der Waals surface area (Å²) in [6, 6.07) is 0. The van der Waals surface area contributed by atoms with Gasteiger partial charge < -0.3 is 4.74 Å². The maximum absolute atomic E-state index is 11.9. The van der Waals surface area contributed by atoms with Crippen LogP contribution < -0.4 is 0 Å². The van der Waals surface area contributed by atoms with Gasteiger partial charge >= 0.3 is 0 Å². The second kappa shape index (κ2) is 2.84. The quantitative estimate of drug-likeness (QED) is 0.646. The lowest BCUT2D eigenvalue weighted by Crippen LogP contribution is -2.37. The van der Waals surface area contributed by atoms with Crippen molar-refractivity contribution in [1.29, 1.82) is 0 Å². The minimum Gasteiger partial charge on any atom is -0.370 e. The summed E-state index contributed by atoms with van der Waals surface area (Å²) in [5, 5.41) is 0. The highest BCUT2D eigenvalue weighted by atomic mass is 16.5. The first kappa shape index (κ1) is 9.72. The first-order valence-corrected chi connectivity index (χ1v) is 4.58. The Hall–Kier alpha value is -0.370. The van der Waals surface area contributed by atoms with Crippen molar-refractivity contribution >= 4 is 5.78 Å². The van der Waals surface area contributed by atoms with E-state index in [2.05, 4.69) is 0 Å². The molecule has 2 heteroatoms. The van der Waals surface area contributed by atoms with Crippen molar-refractivity contribution in [3.8, 4) is 0 Å². The zero-order valence-corrected chi connectivity index (χ0v) is 8.44. The molecule has 2 nitrogen and oxygen atoms in total. The molecule has 0 spiro atoms. The van der Waals surface area contributed by atoms with E-state index in [0.29, 0.717) is 0 Å². The molecule has 1 fully saturated rings. The molecule has 0 saturated heterocycles. The highest BCUT2D eigenvalue weighted by molar-refractivity contribution is 5.94. The number of hydrogen-bond acceptors (Lipinski definition) is 2. The molecule has 1 aliphatic rings. The molecule has 0 atom stereocenters. The molecule has 12 heavy (non-hydrogen) atoms. The number of carbonyl (C=O) groups is 1.